The van der Waals surface area contributed by atoms with E-state index in [1.807, 2.05) is 35.5 Å². The van der Waals surface area contributed by atoms with Crippen LogP contribution in [0.25, 0.3) is 10.9 Å². The fourth-order valence-electron chi connectivity index (χ4n) is 4.16. The maximum absolute atomic E-state index is 12.6. The molecule has 0 unspecified atom stereocenters. The van der Waals surface area contributed by atoms with Crippen molar-refractivity contribution < 1.29 is 4.79 Å². The number of amides is 1. The highest BCUT2D eigenvalue weighted by molar-refractivity contribution is 5.77. The quantitative estimate of drug-likeness (QED) is 0.646. The highest BCUT2D eigenvalue weighted by atomic mass is 16.2. The number of carbonyl (C=O) groups is 1. The Labute approximate surface area is 170 Å². The van der Waals surface area contributed by atoms with Crippen LogP contribution in [0, 0.1) is 0 Å². The third-order valence-corrected chi connectivity index (χ3v) is 5.82. The van der Waals surface area contributed by atoms with Gasteiger partial charge in [-0.15, -0.1) is 0 Å². The Morgan fingerprint density at radius 2 is 1.93 bits per heavy atom. The summed E-state index contributed by atoms with van der Waals surface area (Å²) in [5, 5.41) is 0.619. The Balaban J connectivity index is 1.29. The summed E-state index contributed by atoms with van der Waals surface area (Å²) >= 11 is 0. The SMILES string of the molecule is CCn1ccnc1C1CCN(C(=O)CCCn2cnc3ccccc3c2=O)CC1. The molecule has 3 heterocycles. The van der Waals surface area contributed by atoms with E-state index in [-0.39, 0.29) is 11.5 Å². The van der Waals surface area contributed by atoms with Crippen LogP contribution < -0.4 is 5.56 Å². The van der Waals surface area contributed by atoms with Crippen molar-refractivity contribution in [2.75, 3.05) is 13.1 Å². The summed E-state index contributed by atoms with van der Waals surface area (Å²) in [6, 6.07) is 7.34. The number of likely N-dealkylation sites (tertiary alicyclic amines) is 1. The van der Waals surface area contributed by atoms with E-state index < -0.39 is 0 Å². The lowest BCUT2D eigenvalue weighted by atomic mass is 9.95. The molecule has 1 aliphatic heterocycles. The number of hydrogen-bond acceptors (Lipinski definition) is 4. The number of rotatable bonds is 6. The third kappa shape index (κ3) is 4.09. The first-order chi connectivity index (χ1) is 14.2. The van der Waals surface area contributed by atoms with Crippen LogP contribution in [-0.4, -0.2) is 43.0 Å². The number of nitrogens with zero attached hydrogens (tertiary/aromatic N) is 5. The van der Waals surface area contributed by atoms with Crippen molar-refractivity contribution in [3.63, 3.8) is 0 Å². The number of carbonyl (C=O) groups excluding carboxylic acids is 1. The van der Waals surface area contributed by atoms with Crippen LogP contribution in [0.2, 0.25) is 0 Å². The van der Waals surface area contributed by atoms with Crippen LogP contribution in [0.4, 0.5) is 0 Å². The molecule has 3 aromatic rings. The van der Waals surface area contributed by atoms with E-state index in [0.717, 1.165) is 38.3 Å². The van der Waals surface area contributed by atoms with Gasteiger partial charge in [-0.3, -0.25) is 14.2 Å². The molecule has 1 saturated heterocycles. The maximum atomic E-state index is 12.6. The Kier molecular flexibility index (Phi) is 5.74. The zero-order valence-electron chi connectivity index (χ0n) is 16.8. The summed E-state index contributed by atoms with van der Waals surface area (Å²) < 4.78 is 3.80. The average Bonchev–Trinajstić information content (AvgIpc) is 3.24. The summed E-state index contributed by atoms with van der Waals surface area (Å²) in [6.45, 7) is 5.11. The second-order valence-electron chi connectivity index (χ2n) is 7.59. The van der Waals surface area contributed by atoms with Gasteiger partial charge in [-0.2, -0.15) is 0 Å². The van der Waals surface area contributed by atoms with Crippen LogP contribution in [0.1, 0.15) is 44.3 Å². The van der Waals surface area contributed by atoms with Gasteiger partial charge >= 0.3 is 0 Å². The summed E-state index contributed by atoms with van der Waals surface area (Å²) in [5.41, 5.74) is 0.659. The van der Waals surface area contributed by atoms with Crippen LogP contribution in [0.3, 0.4) is 0 Å². The molecule has 1 aromatic carbocycles. The predicted octanol–water partition coefficient (Wildman–Crippen LogP) is 2.80. The first-order valence-electron chi connectivity index (χ1n) is 10.4. The normalized spacial score (nSPS) is 15.1. The number of piperidine rings is 1. The summed E-state index contributed by atoms with van der Waals surface area (Å²) in [6.07, 6.45) is 8.47. The Hall–Kier alpha value is -2.96. The summed E-state index contributed by atoms with van der Waals surface area (Å²) in [7, 11) is 0. The maximum Gasteiger partial charge on any atom is 0.261 e. The lowest BCUT2D eigenvalue weighted by Crippen LogP contribution is -2.38. The van der Waals surface area contributed by atoms with Gasteiger partial charge in [-0.05, 0) is 38.3 Å². The molecule has 7 heteroatoms. The van der Waals surface area contributed by atoms with Gasteiger partial charge in [0.25, 0.3) is 5.56 Å². The van der Waals surface area contributed by atoms with E-state index in [4.69, 9.17) is 0 Å². The molecule has 1 fully saturated rings. The molecule has 7 nitrogen and oxygen atoms in total. The van der Waals surface area contributed by atoms with Gasteiger partial charge in [0.15, 0.2) is 0 Å². The van der Waals surface area contributed by atoms with Crippen molar-refractivity contribution in [1.82, 2.24) is 24.0 Å². The molecule has 29 heavy (non-hydrogen) atoms. The molecule has 0 atom stereocenters. The van der Waals surface area contributed by atoms with Gasteiger partial charge in [-0.25, -0.2) is 9.97 Å². The molecule has 4 rings (SSSR count). The van der Waals surface area contributed by atoms with Crippen molar-refractivity contribution in [2.45, 2.75) is 51.6 Å². The molecule has 0 bridgehead atoms. The molecule has 0 aliphatic carbocycles. The van der Waals surface area contributed by atoms with E-state index in [1.54, 1.807) is 17.0 Å². The molecule has 0 saturated carbocycles. The minimum absolute atomic E-state index is 0.0460. The van der Waals surface area contributed by atoms with Crippen molar-refractivity contribution in [2.24, 2.45) is 0 Å². The summed E-state index contributed by atoms with van der Waals surface area (Å²) in [5.74, 6) is 1.74. The van der Waals surface area contributed by atoms with Gasteiger partial charge in [0.2, 0.25) is 5.91 Å². The predicted molar refractivity (Wildman–Crippen MR) is 112 cm³/mol. The standard InChI is InChI=1S/C22H27N5O2/c1-2-25-15-11-23-21(25)17-9-13-26(14-10-17)20(28)8-5-12-27-16-24-19-7-4-3-6-18(19)22(27)29/h3-4,6-7,11,15-17H,2,5,8-10,12-14H2,1H3. The molecular formula is C22H27N5O2. The molecule has 0 spiro atoms. The Morgan fingerprint density at radius 3 is 2.72 bits per heavy atom. The first-order valence-corrected chi connectivity index (χ1v) is 10.4. The second-order valence-corrected chi connectivity index (χ2v) is 7.59. The highest BCUT2D eigenvalue weighted by Crippen LogP contribution is 2.27. The number of aryl methyl sites for hydroxylation is 2. The third-order valence-electron chi connectivity index (χ3n) is 5.82. The molecule has 1 aliphatic rings. The van der Waals surface area contributed by atoms with Gasteiger partial charge in [0.05, 0.1) is 17.2 Å². The average molecular weight is 393 g/mol. The molecule has 2 aromatic heterocycles. The zero-order valence-corrected chi connectivity index (χ0v) is 16.8. The van der Waals surface area contributed by atoms with Gasteiger partial charge in [-0.1, -0.05) is 12.1 Å². The minimum Gasteiger partial charge on any atom is -0.343 e. The topological polar surface area (TPSA) is 73.0 Å². The fraction of sp³-hybridized carbons (Fsp3) is 0.455. The van der Waals surface area contributed by atoms with E-state index in [1.165, 1.54) is 0 Å². The zero-order chi connectivity index (χ0) is 20.2. The number of para-hydroxylation sites is 1. The largest absolute Gasteiger partial charge is 0.343 e. The Morgan fingerprint density at radius 1 is 1.14 bits per heavy atom. The number of hydrogen-bond donors (Lipinski definition) is 0. The van der Waals surface area contributed by atoms with E-state index in [0.29, 0.717) is 36.2 Å². The van der Waals surface area contributed by atoms with Gasteiger partial charge in [0.1, 0.15) is 5.82 Å². The van der Waals surface area contributed by atoms with Crippen LogP contribution in [0.15, 0.2) is 47.8 Å². The van der Waals surface area contributed by atoms with Crippen molar-refractivity contribution in [3.05, 3.63) is 59.2 Å². The highest BCUT2D eigenvalue weighted by Gasteiger charge is 2.25. The van der Waals surface area contributed by atoms with Gasteiger partial charge < -0.3 is 9.47 Å². The molecular weight excluding hydrogens is 366 g/mol. The lowest BCUT2D eigenvalue weighted by molar-refractivity contribution is -0.132. The van der Waals surface area contributed by atoms with Crippen LogP contribution in [0.5, 0.6) is 0 Å². The Bertz CT molecular complexity index is 1050. The van der Waals surface area contributed by atoms with Crippen molar-refractivity contribution >= 4 is 16.8 Å². The van der Waals surface area contributed by atoms with E-state index in [2.05, 4.69) is 21.5 Å². The monoisotopic (exact) mass is 393 g/mol. The van der Waals surface area contributed by atoms with Gasteiger partial charge in [0, 0.05) is 50.9 Å². The summed E-state index contributed by atoms with van der Waals surface area (Å²) in [4.78, 5) is 35.9. The van der Waals surface area contributed by atoms with Crippen molar-refractivity contribution in [1.29, 1.82) is 0 Å². The molecule has 0 radical (unpaired) electrons. The second kappa shape index (κ2) is 8.59. The smallest absolute Gasteiger partial charge is 0.261 e. The lowest BCUT2D eigenvalue weighted by Gasteiger charge is -2.32. The van der Waals surface area contributed by atoms with Crippen molar-refractivity contribution in [3.8, 4) is 0 Å². The van der Waals surface area contributed by atoms with E-state index in [9.17, 15) is 9.59 Å². The minimum atomic E-state index is -0.0460. The molecule has 1 amide bonds. The fourth-order valence-corrected chi connectivity index (χ4v) is 4.16. The first kappa shape index (κ1) is 19.4. The number of aromatic nitrogens is 4. The van der Waals surface area contributed by atoms with Crippen LogP contribution in [-0.2, 0) is 17.9 Å². The van der Waals surface area contributed by atoms with E-state index >= 15 is 0 Å². The molecule has 0 N–H and O–H groups in total. The van der Waals surface area contributed by atoms with Crippen LogP contribution >= 0.6 is 0 Å². The number of fused-ring (bicyclic) bond motifs is 1. The molecule has 152 valence electrons. The number of imidazole rings is 1. The number of benzene rings is 1.